The smallest absolute Gasteiger partial charge is 0.343 e. The van der Waals surface area contributed by atoms with Gasteiger partial charge in [0.1, 0.15) is 11.3 Å². The molecule has 240 valence electrons. The molecule has 11 heteroatoms. The van der Waals surface area contributed by atoms with Crippen LogP contribution >= 0.6 is 27.7 Å². The van der Waals surface area contributed by atoms with Gasteiger partial charge >= 0.3 is 5.97 Å². The predicted molar refractivity (Wildman–Crippen MR) is 187 cm³/mol. The number of carbonyl (C=O) groups is 4. The minimum atomic E-state index is -0.789. The van der Waals surface area contributed by atoms with Crippen LogP contribution in [0, 0.1) is 0 Å². The van der Waals surface area contributed by atoms with Crippen molar-refractivity contribution in [1.82, 2.24) is 10.2 Å². The molecule has 0 unspecified atom stereocenters. The van der Waals surface area contributed by atoms with Crippen molar-refractivity contribution in [3.63, 3.8) is 0 Å². The molecule has 3 amide bonds. The predicted octanol–water partition coefficient (Wildman–Crippen LogP) is 6.39. The second-order valence-electron chi connectivity index (χ2n) is 9.86. The van der Waals surface area contributed by atoms with Gasteiger partial charge in [0.2, 0.25) is 5.91 Å². The molecular formula is C36H32BrN3O6S. The fraction of sp³-hybridized carbons (Fsp3) is 0.139. The number of allylic oxidation sites excluding steroid dienone is 4. The SMILES string of the molecule is C=C/C=C\C(=C/C)N1C(=O)/C(=C/c2cc(Br)ccc2OCC(=O)OC)C(=O)N=C1SCC(=O)NC(c1ccccc1)c1ccccc1. The highest BCUT2D eigenvalue weighted by molar-refractivity contribution is 9.10. The minimum Gasteiger partial charge on any atom is -0.481 e. The third-order valence-electron chi connectivity index (χ3n) is 6.76. The van der Waals surface area contributed by atoms with Crippen molar-refractivity contribution in [3.05, 3.63) is 142 Å². The molecule has 0 bridgehead atoms. The summed E-state index contributed by atoms with van der Waals surface area (Å²) in [6, 6.07) is 23.7. The van der Waals surface area contributed by atoms with Gasteiger partial charge in [-0.05, 0) is 48.4 Å². The van der Waals surface area contributed by atoms with Gasteiger partial charge in [0, 0.05) is 15.7 Å². The standard InChI is InChI=1S/C36H32BrN3O6S/c1-4-6-17-28(5-2)40-35(44)29(21-26-20-27(37)18-19-30(26)46-22-32(42)45-3)34(43)39-36(40)47-23-31(41)38-33(24-13-9-7-10-14-24)25-15-11-8-12-16-25/h4-21,33H,1,22-23H2,2-3H3,(H,38,41)/b17-6-,28-5+,29-21+. The number of nitrogens with zero attached hydrogens (tertiary/aromatic N) is 2. The molecule has 3 aromatic rings. The van der Waals surface area contributed by atoms with Crippen LogP contribution in [0.25, 0.3) is 6.08 Å². The largest absolute Gasteiger partial charge is 0.481 e. The minimum absolute atomic E-state index is 0.0430. The number of amidine groups is 1. The molecule has 0 spiro atoms. The molecule has 1 heterocycles. The van der Waals surface area contributed by atoms with Crippen LogP contribution in [-0.4, -0.2) is 53.2 Å². The molecule has 0 fully saturated rings. The van der Waals surface area contributed by atoms with Crippen LogP contribution in [0.3, 0.4) is 0 Å². The van der Waals surface area contributed by atoms with Crippen molar-refractivity contribution >= 4 is 62.6 Å². The number of hydrogen-bond donors (Lipinski definition) is 1. The zero-order chi connectivity index (χ0) is 33.8. The zero-order valence-corrected chi connectivity index (χ0v) is 28.1. The molecule has 0 atom stereocenters. The first-order valence-electron chi connectivity index (χ1n) is 14.4. The Morgan fingerprint density at radius 3 is 2.30 bits per heavy atom. The number of aliphatic imine (C=N–C) groups is 1. The Balaban J connectivity index is 1.64. The van der Waals surface area contributed by atoms with Crippen molar-refractivity contribution in [3.8, 4) is 5.75 Å². The fourth-order valence-electron chi connectivity index (χ4n) is 4.51. The molecule has 3 aromatic carbocycles. The summed E-state index contributed by atoms with van der Waals surface area (Å²) >= 11 is 4.37. The number of rotatable bonds is 12. The van der Waals surface area contributed by atoms with E-state index in [1.165, 1.54) is 18.1 Å². The van der Waals surface area contributed by atoms with E-state index in [2.05, 4.69) is 37.6 Å². The Morgan fingerprint density at radius 2 is 1.70 bits per heavy atom. The van der Waals surface area contributed by atoms with Gasteiger partial charge in [-0.2, -0.15) is 4.99 Å². The van der Waals surface area contributed by atoms with Gasteiger partial charge in [-0.3, -0.25) is 19.3 Å². The maximum atomic E-state index is 14.0. The Hall–Kier alpha value is -5.00. The molecule has 47 heavy (non-hydrogen) atoms. The van der Waals surface area contributed by atoms with Crippen LogP contribution in [0.4, 0.5) is 0 Å². The van der Waals surface area contributed by atoms with Gasteiger partial charge in [0.15, 0.2) is 11.8 Å². The molecule has 0 aromatic heterocycles. The van der Waals surface area contributed by atoms with E-state index in [1.807, 2.05) is 60.7 Å². The van der Waals surface area contributed by atoms with Gasteiger partial charge in [0.05, 0.1) is 18.9 Å². The molecule has 0 saturated carbocycles. The van der Waals surface area contributed by atoms with E-state index in [0.717, 1.165) is 22.9 Å². The van der Waals surface area contributed by atoms with Crippen molar-refractivity contribution < 1.29 is 28.7 Å². The topological polar surface area (TPSA) is 114 Å². The van der Waals surface area contributed by atoms with Crippen molar-refractivity contribution in [2.45, 2.75) is 13.0 Å². The molecular weight excluding hydrogens is 682 g/mol. The number of nitrogens with one attached hydrogen (secondary N) is 1. The number of ether oxygens (including phenoxy) is 2. The molecule has 0 radical (unpaired) electrons. The van der Waals surface area contributed by atoms with Crippen LogP contribution in [0.5, 0.6) is 5.75 Å². The summed E-state index contributed by atoms with van der Waals surface area (Å²) in [6.45, 7) is 5.07. The van der Waals surface area contributed by atoms with Crippen LogP contribution in [0.2, 0.25) is 0 Å². The van der Waals surface area contributed by atoms with Gasteiger partial charge < -0.3 is 14.8 Å². The maximum absolute atomic E-state index is 14.0. The van der Waals surface area contributed by atoms with E-state index < -0.39 is 23.8 Å². The average molecular weight is 715 g/mol. The molecule has 1 aliphatic rings. The lowest BCUT2D eigenvalue weighted by Gasteiger charge is -2.28. The summed E-state index contributed by atoms with van der Waals surface area (Å²) in [4.78, 5) is 58.0. The van der Waals surface area contributed by atoms with Crippen LogP contribution in [0.1, 0.15) is 29.7 Å². The monoisotopic (exact) mass is 713 g/mol. The van der Waals surface area contributed by atoms with E-state index in [9.17, 15) is 19.2 Å². The number of hydrogen-bond acceptors (Lipinski definition) is 7. The summed E-state index contributed by atoms with van der Waals surface area (Å²) in [5.74, 6) is -2.22. The van der Waals surface area contributed by atoms with E-state index in [1.54, 1.807) is 49.4 Å². The summed E-state index contributed by atoms with van der Waals surface area (Å²) < 4.78 is 10.9. The van der Waals surface area contributed by atoms with Crippen LogP contribution in [0.15, 0.2) is 130 Å². The van der Waals surface area contributed by atoms with Crippen LogP contribution in [-0.2, 0) is 23.9 Å². The molecule has 9 nitrogen and oxygen atoms in total. The number of esters is 1. The van der Waals surface area contributed by atoms with Gasteiger partial charge in [-0.25, -0.2) is 4.79 Å². The van der Waals surface area contributed by atoms with Crippen molar-refractivity contribution in [2.75, 3.05) is 19.5 Å². The van der Waals surface area contributed by atoms with Gasteiger partial charge in [-0.15, -0.1) is 0 Å². The first-order chi connectivity index (χ1) is 22.7. The second-order valence-corrected chi connectivity index (χ2v) is 11.7. The Kier molecular flexibility index (Phi) is 12.7. The van der Waals surface area contributed by atoms with E-state index >= 15 is 0 Å². The quantitative estimate of drug-likeness (QED) is 0.100. The number of halogens is 1. The summed E-state index contributed by atoms with van der Waals surface area (Å²) in [5, 5.41) is 3.12. The molecule has 0 aliphatic carbocycles. The highest BCUT2D eigenvalue weighted by Crippen LogP contribution is 2.30. The van der Waals surface area contributed by atoms with E-state index in [0.29, 0.717) is 15.7 Å². The lowest BCUT2D eigenvalue weighted by Crippen LogP contribution is -2.42. The van der Waals surface area contributed by atoms with Crippen molar-refractivity contribution in [2.24, 2.45) is 4.99 Å². The number of thioether (sulfide) groups is 1. The summed E-state index contributed by atoms with van der Waals surface area (Å²) in [6.07, 6.45) is 7.90. The highest BCUT2D eigenvalue weighted by atomic mass is 79.9. The highest BCUT2D eigenvalue weighted by Gasteiger charge is 2.35. The van der Waals surface area contributed by atoms with E-state index in [-0.39, 0.29) is 34.8 Å². The third kappa shape index (κ3) is 9.27. The Morgan fingerprint density at radius 1 is 1.04 bits per heavy atom. The molecule has 1 aliphatic heterocycles. The fourth-order valence-corrected chi connectivity index (χ4v) is 5.70. The third-order valence-corrected chi connectivity index (χ3v) is 8.19. The first-order valence-corrected chi connectivity index (χ1v) is 16.2. The van der Waals surface area contributed by atoms with Gasteiger partial charge in [-0.1, -0.05) is 113 Å². The Labute approximate surface area is 285 Å². The second kappa shape index (κ2) is 17.1. The van der Waals surface area contributed by atoms with Gasteiger partial charge in [0.25, 0.3) is 11.8 Å². The summed E-state index contributed by atoms with van der Waals surface area (Å²) in [5.41, 5.74) is 2.36. The van der Waals surface area contributed by atoms with E-state index in [4.69, 9.17) is 4.74 Å². The Bertz CT molecular complexity index is 1730. The lowest BCUT2D eigenvalue weighted by atomic mass is 9.99. The van der Waals surface area contributed by atoms with Crippen molar-refractivity contribution in [1.29, 1.82) is 0 Å². The maximum Gasteiger partial charge on any atom is 0.343 e. The number of methoxy groups -OCH3 is 1. The normalized spacial score (nSPS) is 14.4. The number of benzene rings is 3. The zero-order valence-electron chi connectivity index (χ0n) is 25.7. The molecule has 1 N–H and O–H groups in total. The number of carbonyl (C=O) groups excluding carboxylic acids is 4. The average Bonchev–Trinajstić information content (AvgIpc) is 3.09. The first kappa shape index (κ1) is 34.9. The summed E-state index contributed by atoms with van der Waals surface area (Å²) in [7, 11) is 1.24. The van der Waals surface area contributed by atoms with Crippen LogP contribution < -0.4 is 10.1 Å². The molecule has 0 saturated heterocycles. The number of amides is 3. The molecule has 4 rings (SSSR count). The lowest BCUT2D eigenvalue weighted by molar-refractivity contribution is -0.143.